The van der Waals surface area contributed by atoms with Gasteiger partial charge < -0.3 is 11.1 Å². The van der Waals surface area contributed by atoms with Crippen LogP contribution in [0.2, 0.25) is 0 Å². The summed E-state index contributed by atoms with van der Waals surface area (Å²) in [6, 6.07) is 0.319. The van der Waals surface area contributed by atoms with Crippen LogP contribution in [-0.2, 0) is 4.79 Å². The second kappa shape index (κ2) is 3.66. The molecule has 2 fully saturated rings. The van der Waals surface area contributed by atoms with Gasteiger partial charge in [-0.25, -0.2) is 0 Å². The van der Waals surface area contributed by atoms with Crippen LogP contribution in [-0.4, -0.2) is 18.5 Å². The van der Waals surface area contributed by atoms with Gasteiger partial charge in [0.05, 0.1) is 0 Å². The lowest BCUT2D eigenvalue weighted by molar-refractivity contribution is -0.122. The van der Waals surface area contributed by atoms with Gasteiger partial charge in [0, 0.05) is 18.5 Å². The number of carbonyl (C=O) groups is 1. The van der Waals surface area contributed by atoms with E-state index in [0.29, 0.717) is 17.9 Å². The summed E-state index contributed by atoms with van der Waals surface area (Å²) in [4.78, 5) is 11.3. The molecule has 0 spiro atoms. The summed E-state index contributed by atoms with van der Waals surface area (Å²) in [5.74, 6) is 1.11. The van der Waals surface area contributed by atoms with E-state index >= 15 is 0 Å². The Kier molecular flexibility index (Phi) is 2.54. The van der Waals surface area contributed by atoms with Crippen LogP contribution < -0.4 is 11.1 Å². The van der Waals surface area contributed by atoms with Crippen LogP contribution in [0, 0.1) is 11.8 Å². The summed E-state index contributed by atoms with van der Waals surface area (Å²) in [7, 11) is 0. The molecule has 0 aliphatic heterocycles. The molecule has 74 valence electrons. The van der Waals surface area contributed by atoms with Crippen LogP contribution in [0.1, 0.15) is 32.1 Å². The van der Waals surface area contributed by atoms with Gasteiger partial charge in [-0.2, -0.15) is 0 Å². The van der Waals surface area contributed by atoms with Crippen LogP contribution in [0.4, 0.5) is 0 Å². The van der Waals surface area contributed by atoms with E-state index in [9.17, 15) is 4.79 Å². The first-order valence-electron chi connectivity index (χ1n) is 5.30. The van der Waals surface area contributed by atoms with Crippen LogP contribution in [0.5, 0.6) is 0 Å². The molecular formula is C10H18N2O. The molecule has 3 heteroatoms. The quantitative estimate of drug-likeness (QED) is 0.673. The fourth-order valence-corrected chi connectivity index (χ4v) is 2.04. The van der Waals surface area contributed by atoms with E-state index in [4.69, 9.17) is 5.73 Å². The summed E-state index contributed by atoms with van der Waals surface area (Å²) < 4.78 is 0. The zero-order chi connectivity index (χ0) is 9.26. The highest BCUT2D eigenvalue weighted by Crippen LogP contribution is 2.29. The molecule has 2 rings (SSSR count). The Morgan fingerprint density at radius 1 is 1.31 bits per heavy atom. The number of rotatable bonds is 3. The molecule has 0 saturated heterocycles. The van der Waals surface area contributed by atoms with Gasteiger partial charge in [0.25, 0.3) is 0 Å². The fourth-order valence-electron chi connectivity index (χ4n) is 2.04. The molecule has 0 aromatic carbocycles. The largest absolute Gasteiger partial charge is 0.356 e. The molecule has 0 heterocycles. The van der Waals surface area contributed by atoms with E-state index in [2.05, 4.69) is 5.32 Å². The van der Waals surface area contributed by atoms with E-state index in [1.165, 1.54) is 12.8 Å². The molecule has 2 aliphatic carbocycles. The molecule has 0 aromatic rings. The van der Waals surface area contributed by atoms with Crippen molar-refractivity contribution in [2.24, 2.45) is 17.6 Å². The average molecular weight is 182 g/mol. The van der Waals surface area contributed by atoms with Crippen molar-refractivity contribution in [1.82, 2.24) is 5.32 Å². The molecular weight excluding hydrogens is 164 g/mol. The van der Waals surface area contributed by atoms with Crippen molar-refractivity contribution in [3.8, 4) is 0 Å². The van der Waals surface area contributed by atoms with Gasteiger partial charge in [-0.05, 0) is 31.6 Å². The number of carbonyl (C=O) groups excluding carboxylic acids is 1. The Morgan fingerprint density at radius 3 is 2.62 bits per heavy atom. The molecule has 0 bridgehead atoms. The Hall–Kier alpha value is -0.570. The maximum absolute atomic E-state index is 11.3. The summed E-state index contributed by atoms with van der Waals surface area (Å²) in [6.45, 7) is 0.802. The summed E-state index contributed by atoms with van der Waals surface area (Å²) in [5.41, 5.74) is 5.91. The second-order valence-corrected chi connectivity index (χ2v) is 4.37. The highest BCUT2D eigenvalue weighted by molar-refractivity contribution is 5.80. The molecule has 13 heavy (non-hydrogen) atoms. The lowest BCUT2D eigenvalue weighted by Gasteiger charge is -2.15. The molecule has 2 aliphatic rings. The second-order valence-electron chi connectivity index (χ2n) is 4.37. The van der Waals surface area contributed by atoms with Gasteiger partial charge >= 0.3 is 0 Å². The topological polar surface area (TPSA) is 55.1 Å². The standard InChI is InChI=1S/C10H18N2O/c11-9-3-1-2-8(9)6-12-10(13)7-4-5-7/h7-9H,1-6,11H2,(H,12,13). The Bertz CT molecular complexity index is 201. The molecule has 3 N–H and O–H groups in total. The number of amides is 1. The smallest absolute Gasteiger partial charge is 0.223 e. The van der Waals surface area contributed by atoms with Gasteiger partial charge in [0.15, 0.2) is 0 Å². The van der Waals surface area contributed by atoms with Crippen LogP contribution >= 0.6 is 0 Å². The minimum absolute atomic E-state index is 0.249. The van der Waals surface area contributed by atoms with Crippen molar-refractivity contribution < 1.29 is 4.79 Å². The van der Waals surface area contributed by atoms with Crippen molar-refractivity contribution in [2.75, 3.05) is 6.54 Å². The summed E-state index contributed by atoms with van der Waals surface area (Å²) >= 11 is 0. The molecule has 0 radical (unpaired) electrons. The van der Waals surface area contributed by atoms with E-state index in [0.717, 1.165) is 25.8 Å². The molecule has 1 amide bonds. The maximum atomic E-state index is 11.3. The number of hydrogen-bond donors (Lipinski definition) is 2. The highest BCUT2D eigenvalue weighted by atomic mass is 16.2. The average Bonchev–Trinajstić information content (AvgIpc) is 2.88. The number of nitrogens with one attached hydrogen (secondary N) is 1. The van der Waals surface area contributed by atoms with Crippen molar-refractivity contribution in [2.45, 2.75) is 38.1 Å². The normalized spacial score (nSPS) is 33.3. The van der Waals surface area contributed by atoms with Gasteiger partial charge in [0.2, 0.25) is 5.91 Å². The van der Waals surface area contributed by atoms with Gasteiger partial charge in [-0.3, -0.25) is 4.79 Å². The molecule has 2 unspecified atom stereocenters. The molecule has 2 saturated carbocycles. The minimum Gasteiger partial charge on any atom is -0.356 e. The Labute approximate surface area is 79.1 Å². The first-order chi connectivity index (χ1) is 6.27. The SMILES string of the molecule is NC1CCCC1CNC(=O)C1CC1. The lowest BCUT2D eigenvalue weighted by Crippen LogP contribution is -2.36. The van der Waals surface area contributed by atoms with Crippen molar-refractivity contribution >= 4 is 5.91 Å². The molecule has 0 aromatic heterocycles. The Morgan fingerprint density at radius 2 is 2.08 bits per heavy atom. The minimum atomic E-state index is 0.249. The van der Waals surface area contributed by atoms with E-state index in [1.807, 2.05) is 0 Å². The van der Waals surface area contributed by atoms with Crippen LogP contribution in [0.15, 0.2) is 0 Å². The predicted octanol–water partition coefficient (Wildman–Crippen LogP) is 0.640. The van der Waals surface area contributed by atoms with Crippen molar-refractivity contribution in [3.63, 3.8) is 0 Å². The van der Waals surface area contributed by atoms with Gasteiger partial charge in [0.1, 0.15) is 0 Å². The fraction of sp³-hybridized carbons (Fsp3) is 0.900. The summed E-state index contributed by atoms with van der Waals surface area (Å²) in [6.07, 6.45) is 5.71. The van der Waals surface area contributed by atoms with E-state index in [1.54, 1.807) is 0 Å². The third-order valence-electron chi connectivity index (χ3n) is 3.20. The number of nitrogens with two attached hydrogens (primary N) is 1. The van der Waals surface area contributed by atoms with Gasteiger partial charge in [-0.1, -0.05) is 6.42 Å². The van der Waals surface area contributed by atoms with Crippen LogP contribution in [0.25, 0.3) is 0 Å². The highest BCUT2D eigenvalue weighted by Gasteiger charge is 2.31. The van der Waals surface area contributed by atoms with Crippen molar-refractivity contribution in [1.29, 1.82) is 0 Å². The molecule has 2 atom stereocenters. The third kappa shape index (κ3) is 2.21. The first-order valence-corrected chi connectivity index (χ1v) is 5.30. The number of hydrogen-bond acceptors (Lipinski definition) is 2. The zero-order valence-corrected chi connectivity index (χ0v) is 7.96. The van der Waals surface area contributed by atoms with Crippen LogP contribution in [0.3, 0.4) is 0 Å². The Balaban J connectivity index is 1.68. The first kappa shape index (κ1) is 9.00. The monoisotopic (exact) mass is 182 g/mol. The summed E-state index contributed by atoms with van der Waals surface area (Å²) in [5, 5.41) is 3.00. The zero-order valence-electron chi connectivity index (χ0n) is 7.96. The predicted molar refractivity (Wildman–Crippen MR) is 51.1 cm³/mol. The third-order valence-corrected chi connectivity index (χ3v) is 3.20. The van der Waals surface area contributed by atoms with Gasteiger partial charge in [-0.15, -0.1) is 0 Å². The van der Waals surface area contributed by atoms with E-state index < -0.39 is 0 Å². The van der Waals surface area contributed by atoms with Crippen molar-refractivity contribution in [3.05, 3.63) is 0 Å². The molecule has 3 nitrogen and oxygen atoms in total. The van der Waals surface area contributed by atoms with E-state index in [-0.39, 0.29) is 5.91 Å². The lowest BCUT2D eigenvalue weighted by atomic mass is 10.0. The maximum Gasteiger partial charge on any atom is 0.223 e.